The molecule has 2 rings (SSSR count). The fourth-order valence-corrected chi connectivity index (χ4v) is 3.28. The van der Waals surface area contributed by atoms with Gasteiger partial charge in [-0.2, -0.15) is 0 Å². The summed E-state index contributed by atoms with van der Waals surface area (Å²) < 4.78 is 5.67. The lowest BCUT2D eigenvalue weighted by Gasteiger charge is -2.40. The van der Waals surface area contributed by atoms with E-state index in [1.165, 1.54) is 18.5 Å². The van der Waals surface area contributed by atoms with Crippen LogP contribution < -0.4 is 5.32 Å². The molecule has 4 heteroatoms. The Morgan fingerprint density at radius 2 is 2.10 bits per heavy atom. The first-order valence-corrected chi connectivity index (χ1v) is 8.14. The highest BCUT2D eigenvalue weighted by molar-refractivity contribution is 6.30. The zero-order valence-electron chi connectivity index (χ0n) is 13.4. The molecule has 1 aromatic rings. The minimum atomic E-state index is 0.0215. The molecule has 1 aromatic carbocycles. The predicted octanol–water partition coefficient (Wildman–Crippen LogP) is 3.49. The number of hydrogen-bond donors (Lipinski definition) is 1. The Kier molecular flexibility index (Phi) is 6.06. The van der Waals surface area contributed by atoms with Crippen LogP contribution in [0, 0.1) is 0 Å². The lowest BCUT2D eigenvalue weighted by molar-refractivity contribution is -0.0511. The van der Waals surface area contributed by atoms with Crippen molar-refractivity contribution in [3.8, 4) is 0 Å². The summed E-state index contributed by atoms with van der Waals surface area (Å²) in [6.07, 6.45) is 3.47. The van der Waals surface area contributed by atoms with Crippen LogP contribution in [-0.4, -0.2) is 44.3 Å². The third-order valence-corrected chi connectivity index (χ3v) is 4.84. The van der Waals surface area contributed by atoms with Gasteiger partial charge in [0.2, 0.25) is 0 Å². The van der Waals surface area contributed by atoms with Gasteiger partial charge in [0, 0.05) is 31.3 Å². The third-order valence-electron chi connectivity index (χ3n) is 4.59. The Hall–Kier alpha value is -0.610. The number of nitrogens with one attached hydrogen (secondary N) is 1. The van der Waals surface area contributed by atoms with Crippen molar-refractivity contribution in [1.82, 2.24) is 10.2 Å². The van der Waals surface area contributed by atoms with Gasteiger partial charge in [-0.05, 0) is 57.5 Å². The van der Waals surface area contributed by atoms with Crippen molar-refractivity contribution in [2.24, 2.45) is 0 Å². The van der Waals surface area contributed by atoms with Crippen molar-refractivity contribution in [2.45, 2.75) is 37.8 Å². The summed E-state index contributed by atoms with van der Waals surface area (Å²) in [6, 6.07) is 8.52. The van der Waals surface area contributed by atoms with Gasteiger partial charge in [-0.25, -0.2) is 0 Å². The number of halogens is 1. The van der Waals surface area contributed by atoms with Crippen LogP contribution in [0.2, 0.25) is 5.02 Å². The maximum atomic E-state index is 5.96. The molecular formula is C17H27ClN2O. The zero-order valence-corrected chi connectivity index (χ0v) is 14.1. The SMILES string of the molecule is CNC(CCN1CCCC(C)(OC)C1)c1ccc(Cl)cc1. The molecule has 3 nitrogen and oxygen atoms in total. The summed E-state index contributed by atoms with van der Waals surface area (Å²) in [7, 11) is 3.85. The Balaban J connectivity index is 1.89. The first-order valence-electron chi connectivity index (χ1n) is 7.76. The van der Waals surface area contributed by atoms with Crippen molar-refractivity contribution in [2.75, 3.05) is 33.8 Å². The quantitative estimate of drug-likeness (QED) is 0.870. The second kappa shape index (κ2) is 7.59. The molecule has 0 saturated carbocycles. The van der Waals surface area contributed by atoms with Crippen LogP contribution in [0.4, 0.5) is 0 Å². The van der Waals surface area contributed by atoms with Crippen molar-refractivity contribution >= 4 is 11.6 Å². The molecule has 0 spiro atoms. The second-order valence-corrected chi connectivity index (χ2v) is 6.65. The number of likely N-dealkylation sites (tertiary alicyclic amines) is 1. The van der Waals surface area contributed by atoms with Crippen LogP contribution in [0.25, 0.3) is 0 Å². The highest BCUT2D eigenvalue weighted by atomic mass is 35.5. The van der Waals surface area contributed by atoms with Gasteiger partial charge in [-0.15, -0.1) is 0 Å². The lowest BCUT2D eigenvalue weighted by Crippen LogP contribution is -2.47. The van der Waals surface area contributed by atoms with Crippen molar-refractivity contribution in [3.63, 3.8) is 0 Å². The van der Waals surface area contributed by atoms with Gasteiger partial charge in [0.05, 0.1) is 5.60 Å². The maximum Gasteiger partial charge on any atom is 0.0777 e. The molecule has 1 fully saturated rings. The molecule has 2 atom stereocenters. The molecule has 0 amide bonds. The fraction of sp³-hybridized carbons (Fsp3) is 0.647. The smallest absolute Gasteiger partial charge is 0.0777 e. The van der Waals surface area contributed by atoms with Crippen molar-refractivity contribution in [1.29, 1.82) is 0 Å². The number of methoxy groups -OCH3 is 1. The minimum Gasteiger partial charge on any atom is -0.377 e. The van der Waals surface area contributed by atoms with Gasteiger partial charge in [-0.1, -0.05) is 23.7 Å². The standard InChI is InChI=1S/C17H27ClN2O/c1-17(21-3)10-4-11-20(13-17)12-9-16(19-2)14-5-7-15(18)8-6-14/h5-8,16,19H,4,9-13H2,1-3H3. The Labute approximate surface area is 133 Å². The molecule has 0 aromatic heterocycles. The van der Waals surface area contributed by atoms with E-state index >= 15 is 0 Å². The average Bonchev–Trinajstić information content (AvgIpc) is 2.50. The molecule has 0 bridgehead atoms. The van der Waals surface area contributed by atoms with Gasteiger partial charge in [0.1, 0.15) is 0 Å². The monoisotopic (exact) mass is 310 g/mol. The number of rotatable bonds is 6. The summed E-state index contributed by atoms with van der Waals surface area (Å²) in [5.74, 6) is 0. The highest BCUT2D eigenvalue weighted by Crippen LogP contribution is 2.25. The second-order valence-electron chi connectivity index (χ2n) is 6.22. The average molecular weight is 311 g/mol. The summed E-state index contributed by atoms with van der Waals surface area (Å²) in [5.41, 5.74) is 1.32. The van der Waals surface area contributed by atoms with E-state index in [1.54, 1.807) is 0 Å². The first kappa shape index (κ1) is 16.8. The molecule has 2 unspecified atom stereocenters. The van der Waals surface area contributed by atoms with E-state index in [9.17, 15) is 0 Å². The van der Waals surface area contributed by atoms with Crippen molar-refractivity contribution < 1.29 is 4.74 Å². The molecule has 1 saturated heterocycles. The summed E-state index contributed by atoms with van der Waals surface area (Å²) >= 11 is 5.96. The van der Waals surface area contributed by atoms with Crippen molar-refractivity contribution in [3.05, 3.63) is 34.9 Å². The van der Waals surface area contributed by atoms with Crippen LogP contribution in [0.5, 0.6) is 0 Å². The van der Waals surface area contributed by atoms with E-state index in [0.29, 0.717) is 6.04 Å². The van der Waals surface area contributed by atoms with Gasteiger partial charge in [0.15, 0.2) is 0 Å². The molecule has 118 valence electrons. The fourth-order valence-electron chi connectivity index (χ4n) is 3.15. The normalized spacial score (nSPS) is 25.0. The Morgan fingerprint density at radius 1 is 1.38 bits per heavy atom. The molecule has 1 heterocycles. The molecule has 1 aliphatic rings. The number of ether oxygens (including phenoxy) is 1. The van der Waals surface area contributed by atoms with Crippen LogP contribution >= 0.6 is 11.6 Å². The molecule has 1 aliphatic heterocycles. The lowest BCUT2D eigenvalue weighted by atomic mass is 9.94. The third kappa shape index (κ3) is 4.68. The van der Waals surface area contributed by atoms with Gasteiger partial charge >= 0.3 is 0 Å². The van der Waals surface area contributed by atoms with Crippen LogP contribution in [0.1, 0.15) is 37.8 Å². The van der Waals surface area contributed by atoms with Gasteiger partial charge in [-0.3, -0.25) is 0 Å². The van der Waals surface area contributed by atoms with E-state index < -0.39 is 0 Å². The van der Waals surface area contributed by atoms with E-state index in [-0.39, 0.29) is 5.60 Å². The van der Waals surface area contributed by atoms with Crippen LogP contribution in [-0.2, 0) is 4.74 Å². The summed E-state index contributed by atoms with van der Waals surface area (Å²) in [4.78, 5) is 2.52. The minimum absolute atomic E-state index is 0.0215. The Bertz CT molecular complexity index is 437. The molecular weight excluding hydrogens is 284 g/mol. The number of hydrogen-bond acceptors (Lipinski definition) is 3. The molecule has 0 radical (unpaired) electrons. The van der Waals surface area contributed by atoms with Gasteiger partial charge in [0.25, 0.3) is 0 Å². The largest absolute Gasteiger partial charge is 0.377 e. The maximum absolute atomic E-state index is 5.96. The Morgan fingerprint density at radius 3 is 2.71 bits per heavy atom. The van der Waals surface area contributed by atoms with E-state index in [2.05, 4.69) is 29.3 Å². The highest BCUT2D eigenvalue weighted by Gasteiger charge is 2.30. The molecule has 21 heavy (non-hydrogen) atoms. The van der Waals surface area contributed by atoms with E-state index in [4.69, 9.17) is 16.3 Å². The summed E-state index contributed by atoms with van der Waals surface area (Å²) in [6.45, 7) is 5.51. The first-order chi connectivity index (χ1) is 10.1. The predicted molar refractivity (Wildman–Crippen MR) is 89.0 cm³/mol. The number of benzene rings is 1. The topological polar surface area (TPSA) is 24.5 Å². The molecule has 0 aliphatic carbocycles. The number of nitrogens with zero attached hydrogens (tertiary/aromatic N) is 1. The van der Waals surface area contributed by atoms with Gasteiger partial charge < -0.3 is 15.0 Å². The van der Waals surface area contributed by atoms with Crippen LogP contribution in [0.15, 0.2) is 24.3 Å². The van der Waals surface area contributed by atoms with E-state index in [1.807, 2.05) is 26.3 Å². The van der Waals surface area contributed by atoms with Crippen LogP contribution in [0.3, 0.4) is 0 Å². The van der Waals surface area contributed by atoms with E-state index in [0.717, 1.165) is 31.0 Å². The summed E-state index contributed by atoms with van der Waals surface area (Å²) in [5, 5.41) is 4.20. The number of piperidine rings is 1. The zero-order chi connectivity index (χ0) is 15.3. The molecule has 1 N–H and O–H groups in total.